The molecule has 0 radical (unpaired) electrons. The molecule has 18 heavy (non-hydrogen) atoms. The number of nitrogens with zero attached hydrogens (tertiary/aromatic N) is 2. The van der Waals surface area contributed by atoms with Crippen molar-refractivity contribution in [2.45, 2.75) is 39.7 Å². The van der Waals surface area contributed by atoms with Crippen molar-refractivity contribution < 1.29 is 14.7 Å². The van der Waals surface area contributed by atoms with Crippen LogP contribution in [0.3, 0.4) is 0 Å². The number of carbonyl (C=O) groups is 2. The molecule has 6 heteroatoms. The van der Waals surface area contributed by atoms with Crippen LogP contribution in [0.1, 0.15) is 42.4 Å². The summed E-state index contributed by atoms with van der Waals surface area (Å²) in [5.41, 5.74) is 1.36. The second-order valence-electron chi connectivity index (χ2n) is 4.09. The third-order valence-corrected chi connectivity index (χ3v) is 2.54. The number of hydrogen-bond acceptors (Lipinski definition) is 3. The number of rotatable bonds is 7. The van der Waals surface area contributed by atoms with Gasteiger partial charge in [-0.25, -0.2) is 0 Å². The van der Waals surface area contributed by atoms with Gasteiger partial charge in [-0.15, -0.1) is 0 Å². The Labute approximate surface area is 106 Å². The van der Waals surface area contributed by atoms with Crippen LogP contribution < -0.4 is 5.32 Å². The molecule has 1 aromatic rings. The van der Waals surface area contributed by atoms with Gasteiger partial charge >= 0.3 is 5.97 Å². The van der Waals surface area contributed by atoms with Crippen molar-refractivity contribution in [3.05, 3.63) is 17.5 Å². The average Bonchev–Trinajstić information content (AvgIpc) is 2.69. The second-order valence-corrected chi connectivity index (χ2v) is 4.09. The van der Waals surface area contributed by atoms with Crippen LogP contribution in [0.25, 0.3) is 0 Å². The Morgan fingerprint density at radius 3 is 2.78 bits per heavy atom. The zero-order valence-corrected chi connectivity index (χ0v) is 10.8. The summed E-state index contributed by atoms with van der Waals surface area (Å²) >= 11 is 0. The third-order valence-electron chi connectivity index (χ3n) is 2.54. The fourth-order valence-corrected chi connectivity index (χ4v) is 1.66. The smallest absolute Gasteiger partial charge is 0.303 e. The van der Waals surface area contributed by atoms with Crippen LogP contribution in [0.4, 0.5) is 0 Å². The largest absolute Gasteiger partial charge is 0.481 e. The van der Waals surface area contributed by atoms with Gasteiger partial charge in [0.25, 0.3) is 5.91 Å². The van der Waals surface area contributed by atoms with Gasteiger partial charge in [0.15, 0.2) is 0 Å². The maximum absolute atomic E-state index is 11.8. The lowest BCUT2D eigenvalue weighted by molar-refractivity contribution is -0.137. The van der Waals surface area contributed by atoms with Gasteiger partial charge in [-0.2, -0.15) is 5.10 Å². The molecule has 0 bridgehead atoms. The standard InChI is InChI=1S/C12H19N3O3/c1-3-15-10(8-9(2)14-15)12(18)13-7-5-4-6-11(16)17/h8H,3-7H2,1-2H3,(H,13,18)(H,16,17). The monoisotopic (exact) mass is 253 g/mol. The highest BCUT2D eigenvalue weighted by Gasteiger charge is 2.12. The zero-order valence-electron chi connectivity index (χ0n) is 10.8. The van der Waals surface area contributed by atoms with Crippen LogP contribution in [0.2, 0.25) is 0 Å². The molecule has 0 aliphatic heterocycles. The van der Waals surface area contributed by atoms with Gasteiger partial charge in [0, 0.05) is 19.5 Å². The molecule has 0 saturated heterocycles. The lowest BCUT2D eigenvalue weighted by Gasteiger charge is -2.06. The van der Waals surface area contributed by atoms with E-state index < -0.39 is 5.97 Å². The summed E-state index contributed by atoms with van der Waals surface area (Å²) in [5.74, 6) is -0.964. The van der Waals surface area contributed by atoms with Gasteiger partial charge in [-0.3, -0.25) is 14.3 Å². The highest BCUT2D eigenvalue weighted by Crippen LogP contribution is 2.03. The van der Waals surface area contributed by atoms with Crippen LogP contribution >= 0.6 is 0 Å². The minimum atomic E-state index is -0.805. The second kappa shape index (κ2) is 6.78. The van der Waals surface area contributed by atoms with Gasteiger partial charge in [0.2, 0.25) is 0 Å². The normalized spacial score (nSPS) is 10.3. The minimum absolute atomic E-state index is 0.141. The highest BCUT2D eigenvalue weighted by atomic mass is 16.4. The topological polar surface area (TPSA) is 84.2 Å². The lowest BCUT2D eigenvalue weighted by atomic mass is 10.2. The molecule has 0 unspecified atom stereocenters. The first kappa shape index (κ1) is 14.2. The molecule has 0 saturated carbocycles. The Balaban J connectivity index is 2.38. The predicted molar refractivity (Wildman–Crippen MR) is 66.5 cm³/mol. The van der Waals surface area contributed by atoms with Crippen LogP contribution in [-0.4, -0.2) is 33.3 Å². The van der Waals surface area contributed by atoms with Crippen molar-refractivity contribution >= 4 is 11.9 Å². The number of amides is 1. The quantitative estimate of drug-likeness (QED) is 0.715. The lowest BCUT2D eigenvalue weighted by Crippen LogP contribution is -2.27. The summed E-state index contributed by atoms with van der Waals surface area (Å²) in [7, 11) is 0. The predicted octanol–water partition coefficient (Wildman–Crippen LogP) is 1.20. The molecule has 0 aliphatic rings. The Kier molecular flexibility index (Phi) is 5.35. The van der Waals surface area contributed by atoms with E-state index in [4.69, 9.17) is 5.11 Å². The summed E-state index contributed by atoms with van der Waals surface area (Å²) in [6.45, 7) is 4.90. The number of aryl methyl sites for hydroxylation is 2. The summed E-state index contributed by atoms with van der Waals surface area (Å²) in [6, 6.07) is 1.75. The summed E-state index contributed by atoms with van der Waals surface area (Å²) in [4.78, 5) is 22.2. The van der Waals surface area contributed by atoms with E-state index >= 15 is 0 Å². The number of carbonyl (C=O) groups excluding carboxylic acids is 1. The van der Waals surface area contributed by atoms with E-state index in [2.05, 4.69) is 10.4 Å². The van der Waals surface area contributed by atoms with E-state index in [1.165, 1.54) is 0 Å². The SMILES string of the molecule is CCn1nc(C)cc1C(=O)NCCCCC(=O)O. The molecule has 1 rings (SSSR count). The molecular formula is C12H19N3O3. The Bertz CT molecular complexity index is 426. The molecule has 2 N–H and O–H groups in total. The minimum Gasteiger partial charge on any atom is -0.481 e. The maximum atomic E-state index is 11.8. The van der Waals surface area contributed by atoms with Crippen molar-refractivity contribution in [2.24, 2.45) is 0 Å². The van der Waals surface area contributed by atoms with E-state index in [1.54, 1.807) is 10.7 Å². The molecular weight excluding hydrogens is 234 g/mol. The van der Waals surface area contributed by atoms with Crippen molar-refractivity contribution in [3.63, 3.8) is 0 Å². The van der Waals surface area contributed by atoms with Crippen LogP contribution in [0, 0.1) is 6.92 Å². The summed E-state index contributed by atoms with van der Waals surface area (Å²) < 4.78 is 1.65. The van der Waals surface area contributed by atoms with E-state index in [-0.39, 0.29) is 12.3 Å². The number of aliphatic carboxylic acids is 1. The van der Waals surface area contributed by atoms with Crippen LogP contribution in [0.5, 0.6) is 0 Å². The first-order chi connectivity index (χ1) is 8.54. The number of nitrogens with one attached hydrogen (secondary N) is 1. The molecule has 1 aromatic heterocycles. The van der Waals surface area contributed by atoms with Crippen LogP contribution in [0.15, 0.2) is 6.07 Å². The van der Waals surface area contributed by atoms with Gasteiger partial charge < -0.3 is 10.4 Å². The van der Waals surface area contributed by atoms with E-state index in [0.29, 0.717) is 31.6 Å². The Morgan fingerprint density at radius 1 is 1.44 bits per heavy atom. The number of unbranched alkanes of at least 4 members (excludes halogenated alkanes) is 1. The van der Waals surface area contributed by atoms with Gasteiger partial charge in [0.1, 0.15) is 5.69 Å². The molecule has 6 nitrogen and oxygen atoms in total. The fraction of sp³-hybridized carbons (Fsp3) is 0.583. The molecule has 1 heterocycles. The molecule has 0 atom stereocenters. The zero-order chi connectivity index (χ0) is 13.5. The van der Waals surface area contributed by atoms with Gasteiger partial charge in [-0.1, -0.05) is 0 Å². The first-order valence-electron chi connectivity index (χ1n) is 6.09. The van der Waals surface area contributed by atoms with Crippen molar-refractivity contribution in [3.8, 4) is 0 Å². The van der Waals surface area contributed by atoms with Crippen molar-refractivity contribution in [1.82, 2.24) is 15.1 Å². The van der Waals surface area contributed by atoms with Crippen molar-refractivity contribution in [1.29, 1.82) is 0 Å². The Hall–Kier alpha value is -1.85. The highest BCUT2D eigenvalue weighted by molar-refractivity contribution is 5.92. The summed E-state index contributed by atoms with van der Waals surface area (Å²) in [5, 5.41) is 15.4. The van der Waals surface area contributed by atoms with E-state index in [9.17, 15) is 9.59 Å². The third kappa shape index (κ3) is 4.20. The first-order valence-corrected chi connectivity index (χ1v) is 6.09. The Morgan fingerprint density at radius 2 is 2.17 bits per heavy atom. The summed E-state index contributed by atoms with van der Waals surface area (Å²) in [6.07, 6.45) is 1.38. The molecule has 0 spiro atoms. The fourth-order valence-electron chi connectivity index (χ4n) is 1.66. The number of aromatic nitrogens is 2. The maximum Gasteiger partial charge on any atom is 0.303 e. The average molecular weight is 253 g/mol. The molecule has 0 aliphatic carbocycles. The molecule has 1 amide bonds. The number of carboxylic acids is 1. The number of hydrogen-bond donors (Lipinski definition) is 2. The molecule has 100 valence electrons. The van der Waals surface area contributed by atoms with Crippen molar-refractivity contribution in [2.75, 3.05) is 6.54 Å². The van der Waals surface area contributed by atoms with Gasteiger partial charge in [0.05, 0.1) is 5.69 Å². The van der Waals surface area contributed by atoms with E-state index in [0.717, 1.165) is 5.69 Å². The number of carboxylic acid groups (broad SMARTS) is 1. The molecule has 0 fully saturated rings. The van der Waals surface area contributed by atoms with Crippen LogP contribution in [-0.2, 0) is 11.3 Å². The van der Waals surface area contributed by atoms with E-state index in [1.807, 2.05) is 13.8 Å². The molecule has 0 aromatic carbocycles. The van der Waals surface area contributed by atoms with Gasteiger partial charge in [-0.05, 0) is 32.8 Å².